The van der Waals surface area contributed by atoms with Gasteiger partial charge in [0.2, 0.25) is 0 Å². The molecule has 2 N–H and O–H groups in total. The summed E-state index contributed by atoms with van der Waals surface area (Å²) in [4.78, 5) is 11.6. The molecule has 1 aromatic rings. The maximum Gasteiger partial charge on any atom is 0.325 e. The van der Waals surface area contributed by atoms with Crippen molar-refractivity contribution in [1.29, 1.82) is 0 Å². The minimum atomic E-state index is -0.978. The van der Waals surface area contributed by atoms with E-state index in [0.717, 1.165) is 0 Å². The number of benzene rings is 1. The van der Waals surface area contributed by atoms with Crippen LogP contribution in [0.3, 0.4) is 0 Å². The van der Waals surface area contributed by atoms with Gasteiger partial charge in [0.25, 0.3) is 0 Å². The number of carbonyl (C=O) groups is 1. The number of hydrogen-bond acceptors (Lipinski definition) is 4. The van der Waals surface area contributed by atoms with Gasteiger partial charge in [0, 0.05) is 0 Å². The number of para-hydroxylation sites is 1. The normalized spacial score (nSPS) is 13.6. The van der Waals surface area contributed by atoms with Crippen molar-refractivity contribution in [3.05, 3.63) is 30.1 Å². The Morgan fingerprint density at radius 2 is 2.05 bits per heavy atom. The fraction of sp³-hybridized carbons (Fsp3) is 0.533. The zero-order valence-corrected chi connectivity index (χ0v) is 12.0. The van der Waals surface area contributed by atoms with Crippen LogP contribution >= 0.6 is 0 Å². The summed E-state index contributed by atoms with van der Waals surface area (Å²) >= 11 is 0. The summed E-state index contributed by atoms with van der Waals surface area (Å²) < 4.78 is 23.5. The second-order valence-corrected chi connectivity index (χ2v) is 4.87. The summed E-state index contributed by atoms with van der Waals surface area (Å²) in [5.74, 6) is -0.522. The number of carbonyl (C=O) groups excluding carboxylic acids is 1. The molecule has 1 unspecified atom stereocenters. The van der Waals surface area contributed by atoms with Crippen LogP contribution in [0.2, 0.25) is 0 Å². The Kier molecular flexibility index (Phi) is 6.45. The first kappa shape index (κ1) is 16.4. The second kappa shape index (κ2) is 7.85. The van der Waals surface area contributed by atoms with Crippen molar-refractivity contribution < 1.29 is 18.7 Å². The van der Waals surface area contributed by atoms with Gasteiger partial charge < -0.3 is 15.2 Å². The third-order valence-electron chi connectivity index (χ3n) is 2.93. The molecule has 0 aliphatic heterocycles. The monoisotopic (exact) mass is 283 g/mol. The van der Waals surface area contributed by atoms with Gasteiger partial charge in [0.1, 0.15) is 5.54 Å². The minimum Gasteiger partial charge on any atom is -0.491 e. The number of halogens is 1. The van der Waals surface area contributed by atoms with E-state index >= 15 is 0 Å². The van der Waals surface area contributed by atoms with E-state index in [9.17, 15) is 9.18 Å². The molecule has 0 spiro atoms. The predicted molar refractivity (Wildman–Crippen MR) is 75.0 cm³/mol. The van der Waals surface area contributed by atoms with Crippen LogP contribution in [0.1, 0.15) is 33.1 Å². The van der Waals surface area contributed by atoms with E-state index in [0.29, 0.717) is 32.5 Å². The molecule has 0 amide bonds. The average Bonchev–Trinajstić information content (AvgIpc) is 2.40. The highest BCUT2D eigenvalue weighted by Gasteiger charge is 2.28. The van der Waals surface area contributed by atoms with Gasteiger partial charge in [-0.3, -0.25) is 4.79 Å². The highest BCUT2D eigenvalue weighted by molar-refractivity contribution is 5.79. The third-order valence-corrected chi connectivity index (χ3v) is 2.93. The average molecular weight is 283 g/mol. The van der Waals surface area contributed by atoms with Crippen LogP contribution in [-0.2, 0) is 9.53 Å². The van der Waals surface area contributed by atoms with E-state index in [-0.39, 0.29) is 11.6 Å². The van der Waals surface area contributed by atoms with E-state index in [1.54, 1.807) is 32.0 Å². The van der Waals surface area contributed by atoms with Crippen molar-refractivity contribution in [2.75, 3.05) is 13.2 Å². The molecule has 0 aromatic heterocycles. The molecule has 0 radical (unpaired) electrons. The van der Waals surface area contributed by atoms with Crippen LogP contribution in [0.4, 0.5) is 4.39 Å². The minimum absolute atomic E-state index is 0.244. The fourth-order valence-corrected chi connectivity index (χ4v) is 1.74. The largest absolute Gasteiger partial charge is 0.491 e. The molecule has 0 saturated carbocycles. The number of rotatable bonds is 8. The van der Waals surface area contributed by atoms with Crippen LogP contribution in [0.15, 0.2) is 24.3 Å². The first-order valence-electron chi connectivity index (χ1n) is 6.81. The Hall–Kier alpha value is -1.62. The molecule has 5 heteroatoms. The van der Waals surface area contributed by atoms with Gasteiger partial charge in [-0.2, -0.15) is 0 Å². The second-order valence-electron chi connectivity index (χ2n) is 4.87. The van der Waals surface area contributed by atoms with E-state index in [1.807, 2.05) is 0 Å². The van der Waals surface area contributed by atoms with E-state index in [4.69, 9.17) is 15.2 Å². The van der Waals surface area contributed by atoms with Crippen LogP contribution in [0, 0.1) is 5.82 Å². The molecule has 4 nitrogen and oxygen atoms in total. The SMILES string of the molecule is CCOC(=O)C(C)(N)CCCCOc1ccccc1F. The van der Waals surface area contributed by atoms with Gasteiger partial charge in [-0.05, 0) is 45.2 Å². The molecule has 0 aliphatic carbocycles. The lowest BCUT2D eigenvalue weighted by atomic mass is 9.96. The zero-order valence-electron chi connectivity index (χ0n) is 12.0. The summed E-state index contributed by atoms with van der Waals surface area (Å²) in [6, 6.07) is 6.27. The highest BCUT2D eigenvalue weighted by Crippen LogP contribution is 2.17. The molecule has 0 bridgehead atoms. The molecule has 1 aromatic carbocycles. The van der Waals surface area contributed by atoms with Crippen molar-refractivity contribution in [3.63, 3.8) is 0 Å². The Labute approximate surface area is 119 Å². The lowest BCUT2D eigenvalue weighted by molar-refractivity contribution is -0.149. The fourth-order valence-electron chi connectivity index (χ4n) is 1.74. The van der Waals surface area contributed by atoms with Crippen LogP contribution in [-0.4, -0.2) is 24.7 Å². The lowest BCUT2D eigenvalue weighted by Crippen LogP contribution is -2.46. The van der Waals surface area contributed by atoms with Crippen LogP contribution < -0.4 is 10.5 Å². The van der Waals surface area contributed by atoms with Crippen LogP contribution in [0.5, 0.6) is 5.75 Å². The van der Waals surface area contributed by atoms with Gasteiger partial charge in [-0.25, -0.2) is 4.39 Å². The zero-order chi connectivity index (χ0) is 15.0. The predicted octanol–water partition coefficient (Wildman–Crippen LogP) is 2.66. The Balaban J connectivity index is 2.25. The molecular weight excluding hydrogens is 261 g/mol. The van der Waals surface area contributed by atoms with Crippen LogP contribution in [0.25, 0.3) is 0 Å². The van der Waals surface area contributed by atoms with E-state index in [1.165, 1.54) is 6.07 Å². The molecule has 0 fully saturated rings. The number of nitrogens with two attached hydrogens (primary N) is 1. The number of unbranched alkanes of at least 4 members (excludes halogenated alkanes) is 1. The van der Waals surface area contributed by atoms with Gasteiger partial charge in [-0.1, -0.05) is 12.1 Å². The quantitative estimate of drug-likeness (QED) is 0.588. The maximum absolute atomic E-state index is 13.3. The highest BCUT2D eigenvalue weighted by atomic mass is 19.1. The first-order valence-corrected chi connectivity index (χ1v) is 6.81. The third kappa shape index (κ3) is 5.17. The van der Waals surface area contributed by atoms with Crippen molar-refractivity contribution >= 4 is 5.97 Å². The Bertz CT molecular complexity index is 435. The molecule has 1 rings (SSSR count). The lowest BCUT2D eigenvalue weighted by Gasteiger charge is -2.21. The van der Waals surface area contributed by atoms with Gasteiger partial charge >= 0.3 is 5.97 Å². The van der Waals surface area contributed by atoms with Crippen molar-refractivity contribution in [2.24, 2.45) is 5.73 Å². The first-order chi connectivity index (χ1) is 9.47. The Morgan fingerprint density at radius 1 is 1.35 bits per heavy atom. The van der Waals surface area contributed by atoms with Crippen molar-refractivity contribution in [3.8, 4) is 5.75 Å². The summed E-state index contributed by atoms with van der Waals surface area (Å²) in [6.45, 7) is 4.11. The van der Waals surface area contributed by atoms with E-state index < -0.39 is 11.5 Å². The molecule has 1 atom stereocenters. The topological polar surface area (TPSA) is 61.5 Å². The van der Waals surface area contributed by atoms with Gasteiger partial charge in [0.05, 0.1) is 13.2 Å². The smallest absolute Gasteiger partial charge is 0.325 e. The molecule has 20 heavy (non-hydrogen) atoms. The number of esters is 1. The summed E-state index contributed by atoms with van der Waals surface area (Å²) in [5.41, 5.74) is 4.91. The molecular formula is C15H22FNO3. The standard InChI is InChI=1S/C15H22FNO3/c1-3-19-14(18)15(2,17)10-6-7-11-20-13-9-5-4-8-12(13)16/h4-5,8-9H,3,6-7,10-11,17H2,1-2H3. The number of ether oxygens (including phenoxy) is 2. The number of hydrogen-bond donors (Lipinski definition) is 1. The Morgan fingerprint density at radius 3 is 2.70 bits per heavy atom. The molecule has 0 heterocycles. The summed E-state index contributed by atoms with van der Waals surface area (Å²) in [5, 5.41) is 0. The van der Waals surface area contributed by atoms with E-state index in [2.05, 4.69) is 0 Å². The molecule has 112 valence electrons. The van der Waals surface area contributed by atoms with Gasteiger partial charge in [-0.15, -0.1) is 0 Å². The summed E-state index contributed by atoms with van der Waals surface area (Å²) in [7, 11) is 0. The molecule has 0 saturated heterocycles. The molecule has 0 aliphatic rings. The summed E-state index contributed by atoms with van der Waals surface area (Å²) in [6.07, 6.45) is 1.91. The van der Waals surface area contributed by atoms with Crippen molar-refractivity contribution in [2.45, 2.75) is 38.6 Å². The van der Waals surface area contributed by atoms with Gasteiger partial charge in [0.15, 0.2) is 11.6 Å². The van der Waals surface area contributed by atoms with Crippen molar-refractivity contribution in [1.82, 2.24) is 0 Å². The maximum atomic E-state index is 13.3.